The number of nitrogens with one attached hydrogen (secondary N) is 1. The number of aromatic nitrogens is 2. The summed E-state index contributed by atoms with van der Waals surface area (Å²) in [7, 11) is 3.35. The van der Waals surface area contributed by atoms with Crippen molar-refractivity contribution in [2.75, 3.05) is 14.2 Å². The van der Waals surface area contributed by atoms with Crippen LogP contribution in [-0.2, 0) is 16.1 Å². The lowest BCUT2D eigenvalue weighted by molar-refractivity contribution is -0.133. The molecule has 1 fully saturated rings. The Balaban J connectivity index is 1.67. The first-order valence-corrected chi connectivity index (χ1v) is 7.79. The van der Waals surface area contributed by atoms with Crippen LogP contribution in [-0.4, -0.2) is 46.7 Å². The second-order valence-electron chi connectivity index (χ2n) is 5.85. The summed E-state index contributed by atoms with van der Waals surface area (Å²) in [6.07, 6.45) is 4.59. The van der Waals surface area contributed by atoms with E-state index in [2.05, 4.69) is 10.4 Å². The third-order valence-electron chi connectivity index (χ3n) is 4.04. The molecule has 0 radical (unpaired) electrons. The van der Waals surface area contributed by atoms with Crippen LogP contribution in [0.25, 0.3) is 5.69 Å². The molecule has 1 atom stereocenters. The maximum absolute atomic E-state index is 12.3. The van der Waals surface area contributed by atoms with Crippen molar-refractivity contribution in [3.05, 3.63) is 42.2 Å². The van der Waals surface area contributed by atoms with Crippen molar-refractivity contribution in [2.45, 2.75) is 25.4 Å². The number of likely N-dealkylation sites (N-methyl/N-ethyl adjacent to an activating group) is 1. The summed E-state index contributed by atoms with van der Waals surface area (Å²) >= 11 is 0. The van der Waals surface area contributed by atoms with Crippen LogP contribution < -0.4 is 10.1 Å². The van der Waals surface area contributed by atoms with Crippen LogP contribution in [0.2, 0.25) is 0 Å². The smallest absolute Gasteiger partial charge is 0.245 e. The van der Waals surface area contributed by atoms with E-state index >= 15 is 0 Å². The first-order valence-electron chi connectivity index (χ1n) is 7.79. The van der Waals surface area contributed by atoms with Crippen molar-refractivity contribution < 1.29 is 14.3 Å². The van der Waals surface area contributed by atoms with Gasteiger partial charge in [0.1, 0.15) is 11.8 Å². The van der Waals surface area contributed by atoms with Gasteiger partial charge in [0, 0.05) is 37.8 Å². The highest BCUT2D eigenvalue weighted by atomic mass is 16.5. The van der Waals surface area contributed by atoms with Gasteiger partial charge in [0.15, 0.2) is 0 Å². The molecule has 1 aromatic heterocycles. The van der Waals surface area contributed by atoms with E-state index < -0.39 is 6.04 Å². The van der Waals surface area contributed by atoms with Gasteiger partial charge >= 0.3 is 0 Å². The number of hydrogen-bond acceptors (Lipinski definition) is 4. The number of amides is 2. The highest BCUT2D eigenvalue weighted by Gasteiger charge is 2.29. The van der Waals surface area contributed by atoms with Gasteiger partial charge in [0.25, 0.3) is 0 Å². The molecule has 0 saturated carbocycles. The molecular weight excluding hydrogens is 308 g/mol. The van der Waals surface area contributed by atoms with Crippen molar-refractivity contribution in [1.29, 1.82) is 0 Å². The summed E-state index contributed by atoms with van der Waals surface area (Å²) in [6, 6.07) is 7.18. The average Bonchev–Trinajstić information content (AvgIpc) is 3.23. The lowest BCUT2D eigenvalue weighted by atomic mass is 10.2. The molecule has 2 amide bonds. The molecule has 24 heavy (non-hydrogen) atoms. The zero-order valence-electron chi connectivity index (χ0n) is 13.7. The van der Waals surface area contributed by atoms with E-state index in [4.69, 9.17) is 4.74 Å². The zero-order chi connectivity index (χ0) is 17.1. The standard InChI is InChI=1S/C17H20N4O3/c1-20(17(23)15-6-7-16(22)19-15)10-12-9-18-21(11-12)13-4-3-5-14(8-13)24-2/h3-5,8-9,11,15H,6-7,10H2,1-2H3,(H,19,22)/t15-/m1/s1. The van der Waals surface area contributed by atoms with E-state index in [1.54, 1.807) is 29.9 Å². The highest BCUT2D eigenvalue weighted by Crippen LogP contribution is 2.17. The molecule has 0 bridgehead atoms. The molecule has 3 rings (SSSR count). The fourth-order valence-electron chi connectivity index (χ4n) is 2.75. The van der Waals surface area contributed by atoms with E-state index in [0.717, 1.165) is 17.0 Å². The highest BCUT2D eigenvalue weighted by molar-refractivity contribution is 5.90. The molecular formula is C17H20N4O3. The summed E-state index contributed by atoms with van der Waals surface area (Å²) in [6.45, 7) is 0.440. The first kappa shape index (κ1) is 16.0. The molecule has 2 aromatic rings. The molecule has 0 aliphatic carbocycles. The topological polar surface area (TPSA) is 76.5 Å². The van der Waals surface area contributed by atoms with Crippen molar-refractivity contribution in [3.8, 4) is 11.4 Å². The number of nitrogens with zero attached hydrogens (tertiary/aromatic N) is 3. The summed E-state index contributed by atoms with van der Waals surface area (Å²) < 4.78 is 6.96. The SMILES string of the molecule is COc1cccc(-n2cc(CN(C)C(=O)[C@H]3CCC(=O)N3)cn2)c1. The van der Waals surface area contributed by atoms with Crippen LogP contribution in [0.5, 0.6) is 5.75 Å². The largest absolute Gasteiger partial charge is 0.497 e. The summed E-state index contributed by atoms with van der Waals surface area (Å²) in [5.74, 6) is 0.622. The summed E-state index contributed by atoms with van der Waals surface area (Å²) in [5.41, 5.74) is 1.80. The second kappa shape index (κ2) is 6.74. The van der Waals surface area contributed by atoms with Gasteiger partial charge in [-0.15, -0.1) is 0 Å². The number of carbonyl (C=O) groups excluding carboxylic acids is 2. The van der Waals surface area contributed by atoms with E-state index in [1.807, 2.05) is 30.5 Å². The average molecular weight is 328 g/mol. The fraction of sp³-hybridized carbons (Fsp3) is 0.353. The quantitative estimate of drug-likeness (QED) is 0.892. The molecule has 1 aliphatic rings. The number of benzene rings is 1. The Morgan fingerprint density at radius 2 is 2.33 bits per heavy atom. The van der Waals surface area contributed by atoms with E-state index in [1.165, 1.54) is 0 Å². The Labute approximate surface area is 140 Å². The Bertz CT molecular complexity index is 756. The number of methoxy groups -OCH3 is 1. The number of rotatable bonds is 5. The summed E-state index contributed by atoms with van der Waals surface area (Å²) in [4.78, 5) is 25.2. The zero-order valence-corrected chi connectivity index (χ0v) is 13.7. The molecule has 126 valence electrons. The van der Waals surface area contributed by atoms with Gasteiger partial charge in [-0.3, -0.25) is 9.59 Å². The molecule has 1 aliphatic heterocycles. The predicted molar refractivity (Wildman–Crippen MR) is 87.8 cm³/mol. The van der Waals surface area contributed by atoms with Crippen LogP contribution in [0.4, 0.5) is 0 Å². The molecule has 0 unspecified atom stereocenters. The Hall–Kier alpha value is -2.83. The molecule has 1 aromatic carbocycles. The van der Waals surface area contributed by atoms with Gasteiger partial charge in [-0.1, -0.05) is 6.07 Å². The molecule has 1 N–H and O–H groups in total. The molecule has 0 spiro atoms. The molecule has 7 nitrogen and oxygen atoms in total. The minimum Gasteiger partial charge on any atom is -0.497 e. The van der Waals surface area contributed by atoms with Crippen LogP contribution in [0.15, 0.2) is 36.7 Å². The van der Waals surface area contributed by atoms with Gasteiger partial charge < -0.3 is 15.0 Å². The maximum Gasteiger partial charge on any atom is 0.245 e. The predicted octanol–water partition coefficient (Wildman–Crippen LogP) is 1.12. The Morgan fingerprint density at radius 1 is 1.50 bits per heavy atom. The third-order valence-corrected chi connectivity index (χ3v) is 4.04. The van der Waals surface area contributed by atoms with E-state index in [0.29, 0.717) is 19.4 Å². The third kappa shape index (κ3) is 3.40. The van der Waals surface area contributed by atoms with E-state index in [-0.39, 0.29) is 11.8 Å². The minimum absolute atomic E-state index is 0.0624. The van der Waals surface area contributed by atoms with Crippen LogP contribution in [0.1, 0.15) is 18.4 Å². The van der Waals surface area contributed by atoms with Crippen molar-refractivity contribution in [1.82, 2.24) is 20.0 Å². The molecule has 7 heteroatoms. The molecule has 1 saturated heterocycles. The van der Waals surface area contributed by atoms with Crippen molar-refractivity contribution in [2.24, 2.45) is 0 Å². The van der Waals surface area contributed by atoms with Crippen LogP contribution >= 0.6 is 0 Å². The maximum atomic E-state index is 12.3. The first-order chi connectivity index (χ1) is 11.6. The number of carbonyl (C=O) groups is 2. The van der Waals surface area contributed by atoms with Crippen molar-refractivity contribution in [3.63, 3.8) is 0 Å². The van der Waals surface area contributed by atoms with Crippen molar-refractivity contribution >= 4 is 11.8 Å². The lowest BCUT2D eigenvalue weighted by Gasteiger charge is -2.20. The van der Waals surface area contributed by atoms with Gasteiger partial charge in [0.2, 0.25) is 11.8 Å². The summed E-state index contributed by atoms with van der Waals surface area (Å²) in [5, 5.41) is 7.04. The van der Waals surface area contributed by atoms with Gasteiger partial charge in [-0.2, -0.15) is 5.10 Å². The Morgan fingerprint density at radius 3 is 3.04 bits per heavy atom. The van der Waals surface area contributed by atoms with Gasteiger partial charge in [-0.25, -0.2) is 4.68 Å². The normalized spacial score (nSPS) is 16.8. The Kier molecular flexibility index (Phi) is 4.50. The van der Waals surface area contributed by atoms with Gasteiger partial charge in [-0.05, 0) is 18.6 Å². The fourth-order valence-corrected chi connectivity index (χ4v) is 2.75. The van der Waals surface area contributed by atoms with Crippen LogP contribution in [0.3, 0.4) is 0 Å². The molecule has 2 heterocycles. The second-order valence-corrected chi connectivity index (χ2v) is 5.85. The number of hydrogen-bond donors (Lipinski definition) is 1. The monoisotopic (exact) mass is 328 g/mol. The minimum atomic E-state index is -0.407. The van der Waals surface area contributed by atoms with Gasteiger partial charge in [0.05, 0.1) is 19.0 Å². The van der Waals surface area contributed by atoms with E-state index in [9.17, 15) is 9.59 Å². The number of ether oxygens (including phenoxy) is 1. The lowest BCUT2D eigenvalue weighted by Crippen LogP contribution is -2.42. The van der Waals surface area contributed by atoms with Crippen LogP contribution in [0, 0.1) is 0 Å².